The van der Waals surface area contributed by atoms with Crippen LogP contribution in [0.2, 0.25) is 15.1 Å². The van der Waals surface area contributed by atoms with Crippen molar-refractivity contribution in [2.24, 2.45) is 5.73 Å². The van der Waals surface area contributed by atoms with Crippen LogP contribution in [0.25, 0.3) is 0 Å². The van der Waals surface area contributed by atoms with Gasteiger partial charge < -0.3 is 5.73 Å². The first-order valence-electron chi connectivity index (χ1n) is 5.14. The highest BCUT2D eigenvalue weighted by Gasteiger charge is 2.14. The molecule has 0 saturated heterocycles. The molecule has 2 rings (SSSR count). The van der Waals surface area contributed by atoms with Gasteiger partial charge in [-0.3, -0.25) is 0 Å². The van der Waals surface area contributed by atoms with Crippen molar-refractivity contribution in [3.8, 4) is 0 Å². The normalized spacial score (nSPS) is 12.5. The highest BCUT2D eigenvalue weighted by Crippen LogP contribution is 2.30. The molecule has 0 saturated carbocycles. The maximum absolute atomic E-state index is 13.1. The first-order valence-corrected chi connectivity index (χ1v) is 6.28. The van der Waals surface area contributed by atoms with Crippen LogP contribution in [0.5, 0.6) is 0 Å². The van der Waals surface area contributed by atoms with Crippen LogP contribution in [0.15, 0.2) is 36.4 Å². The molecule has 0 aliphatic carbocycles. The molecule has 0 amide bonds. The van der Waals surface area contributed by atoms with Crippen LogP contribution in [-0.2, 0) is 0 Å². The number of rotatable bonds is 2. The van der Waals surface area contributed by atoms with Crippen molar-refractivity contribution in [1.82, 2.24) is 0 Å². The van der Waals surface area contributed by atoms with Crippen LogP contribution in [0.1, 0.15) is 17.2 Å². The highest BCUT2D eigenvalue weighted by atomic mass is 35.5. The largest absolute Gasteiger partial charge is 0.320 e. The van der Waals surface area contributed by atoms with Gasteiger partial charge in [0, 0.05) is 10.0 Å². The van der Waals surface area contributed by atoms with Crippen molar-refractivity contribution in [3.05, 3.63) is 68.4 Å². The van der Waals surface area contributed by atoms with E-state index in [0.29, 0.717) is 21.2 Å². The topological polar surface area (TPSA) is 26.0 Å². The maximum Gasteiger partial charge on any atom is 0.141 e. The molecule has 1 nitrogen and oxygen atoms in total. The minimum Gasteiger partial charge on any atom is -0.320 e. The lowest BCUT2D eigenvalue weighted by Crippen LogP contribution is -2.12. The Morgan fingerprint density at radius 2 is 1.67 bits per heavy atom. The van der Waals surface area contributed by atoms with Gasteiger partial charge in [-0.15, -0.1) is 0 Å². The first kappa shape index (κ1) is 13.6. The number of benzene rings is 2. The second-order valence-electron chi connectivity index (χ2n) is 3.82. The zero-order valence-electron chi connectivity index (χ0n) is 9.13. The van der Waals surface area contributed by atoms with Gasteiger partial charge in [-0.05, 0) is 35.4 Å². The van der Waals surface area contributed by atoms with Gasteiger partial charge in [0.2, 0.25) is 0 Å². The van der Waals surface area contributed by atoms with E-state index in [1.54, 1.807) is 24.3 Å². The molecule has 1 unspecified atom stereocenters. The van der Waals surface area contributed by atoms with Gasteiger partial charge in [-0.1, -0.05) is 46.9 Å². The standard InChI is InChI=1S/C13H9Cl3FN/c14-8-2-3-9(10(15)6-8)13(18)7-1-4-12(17)11(16)5-7/h1-6,13H,18H2. The summed E-state index contributed by atoms with van der Waals surface area (Å²) < 4.78 is 13.1. The molecule has 1 atom stereocenters. The van der Waals surface area contributed by atoms with Crippen molar-refractivity contribution in [2.75, 3.05) is 0 Å². The molecule has 0 aliphatic heterocycles. The van der Waals surface area contributed by atoms with E-state index in [0.717, 1.165) is 0 Å². The molecule has 5 heteroatoms. The molecule has 2 aromatic carbocycles. The van der Waals surface area contributed by atoms with E-state index in [-0.39, 0.29) is 5.02 Å². The summed E-state index contributed by atoms with van der Waals surface area (Å²) in [7, 11) is 0. The van der Waals surface area contributed by atoms with E-state index < -0.39 is 11.9 Å². The molecule has 2 aromatic rings. The number of nitrogens with two attached hydrogens (primary N) is 1. The number of halogens is 4. The van der Waals surface area contributed by atoms with Gasteiger partial charge in [-0.25, -0.2) is 4.39 Å². The average Bonchev–Trinajstić information content (AvgIpc) is 2.32. The Hall–Kier alpha value is -0.800. The summed E-state index contributed by atoms with van der Waals surface area (Å²) in [5, 5.41) is 1.04. The van der Waals surface area contributed by atoms with Gasteiger partial charge in [-0.2, -0.15) is 0 Å². The summed E-state index contributed by atoms with van der Waals surface area (Å²) in [4.78, 5) is 0. The minimum absolute atomic E-state index is 0.0352. The van der Waals surface area contributed by atoms with Gasteiger partial charge in [0.15, 0.2) is 0 Å². The Kier molecular flexibility index (Phi) is 4.13. The fraction of sp³-hybridized carbons (Fsp3) is 0.0769. The monoisotopic (exact) mass is 303 g/mol. The molecule has 0 aromatic heterocycles. The Balaban J connectivity index is 2.41. The Labute approximate surface area is 119 Å². The van der Waals surface area contributed by atoms with Crippen molar-refractivity contribution in [1.29, 1.82) is 0 Å². The maximum atomic E-state index is 13.1. The SMILES string of the molecule is NC(c1ccc(F)c(Cl)c1)c1ccc(Cl)cc1Cl. The van der Waals surface area contributed by atoms with Crippen molar-refractivity contribution in [3.63, 3.8) is 0 Å². The lowest BCUT2D eigenvalue weighted by Gasteiger charge is -2.15. The highest BCUT2D eigenvalue weighted by molar-refractivity contribution is 6.35. The number of hydrogen-bond donors (Lipinski definition) is 1. The molecule has 94 valence electrons. The van der Waals surface area contributed by atoms with Gasteiger partial charge >= 0.3 is 0 Å². The van der Waals surface area contributed by atoms with Crippen LogP contribution >= 0.6 is 34.8 Å². The minimum atomic E-state index is -0.479. The smallest absolute Gasteiger partial charge is 0.141 e. The van der Waals surface area contributed by atoms with E-state index >= 15 is 0 Å². The molecule has 0 heterocycles. The van der Waals surface area contributed by atoms with Crippen LogP contribution in [-0.4, -0.2) is 0 Å². The third kappa shape index (κ3) is 2.78. The first-order chi connectivity index (χ1) is 8.49. The van der Waals surface area contributed by atoms with E-state index in [4.69, 9.17) is 40.5 Å². The van der Waals surface area contributed by atoms with Gasteiger partial charge in [0.25, 0.3) is 0 Å². The summed E-state index contributed by atoms with van der Waals surface area (Å²) in [6, 6.07) is 8.93. The fourth-order valence-electron chi connectivity index (χ4n) is 1.64. The molecule has 0 spiro atoms. The summed E-state index contributed by atoms with van der Waals surface area (Å²) in [5.74, 6) is -0.477. The van der Waals surface area contributed by atoms with Crippen LogP contribution < -0.4 is 5.73 Å². The molecule has 0 radical (unpaired) electrons. The summed E-state index contributed by atoms with van der Waals surface area (Å²) in [5.41, 5.74) is 7.48. The quantitative estimate of drug-likeness (QED) is 0.844. The molecular weight excluding hydrogens is 296 g/mol. The van der Waals surface area contributed by atoms with E-state index in [9.17, 15) is 4.39 Å². The van der Waals surface area contributed by atoms with Gasteiger partial charge in [0.05, 0.1) is 11.1 Å². The molecule has 0 aliphatic rings. The summed E-state index contributed by atoms with van der Waals surface area (Å²) in [6.07, 6.45) is 0. The Morgan fingerprint density at radius 1 is 0.944 bits per heavy atom. The van der Waals surface area contributed by atoms with Crippen molar-refractivity contribution in [2.45, 2.75) is 6.04 Å². The number of hydrogen-bond acceptors (Lipinski definition) is 1. The van der Waals surface area contributed by atoms with Crippen LogP contribution in [0.3, 0.4) is 0 Å². The predicted molar refractivity (Wildman–Crippen MR) is 73.9 cm³/mol. The van der Waals surface area contributed by atoms with Gasteiger partial charge in [0.1, 0.15) is 5.82 Å². The summed E-state index contributed by atoms with van der Waals surface area (Å²) in [6.45, 7) is 0. The lowest BCUT2D eigenvalue weighted by molar-refractivity contribution is 0.627. The molecule has 18 heavy (non-hydrogen) atoms. The summed E-state index contributed by atoms with van der Waals surface area (Å²) >= 11 is 17.6. The third-order valence-electron chi connectivity index (χ3n) is 2.60. The average molecular weight is 305 g/mol. The fourth-order valence-corrected chi connectivity index (χ4v) is 2.35. The zero-order valence-corrected chi connectivity index (χ0v) is 11.4. The molecule has 0 bridgehead atoms. The zero-order chi connectivity index (χ0) is 13.3. The Morgan fingerprint density at radius 3 is 2.28 bits per heavy atom. The second kappa shape index (κ2) is 5.45. The van der Waals surface area contributed by atoms with Crippen LogP contribution in [0.4, 0.5) is 4.39 Å². The molecule has 0 fully saturated rings. The lowest BCUT2D eigenvalue weighted by atomic mass is 9.99. The predicted octanol–water partition coefficient (Wildman–Crippen LogP) is 4.83. The van der Waals surface area contributed by atoms with E-state index in [2.05, 4.69) is 0 Å². The second-order valence-corrected chi connectivity index (χ2v) is 5.07. The van der Waals surface area contributed by atoms with Crippen LogP contribution in [0, 0.1) is 5.82 Å². The Bertz CT molecular complexity index is 586. The molecular formula is C13H9Cl3FN. The van der Waals surface area contributed by atoms with Crippen molar-refractivity contribution >= 4 is 34.8 Å². The van der Waals surface area contributed by atoms with E-state index in [1.807, 2.05) is 0 Å². The van der Waals surface area contributed by atoms with Crippen molar-refractivity contribution < 1.29 is 4.39 Å². The third-order valence-corrected chi connectivity index (χ3v) is 3.45. The van der Waals surface area contributed by atoms with E-state index in [1.165, 1.54) is 12.1 Å². The molecule has 2 N–H and O–H groups in total.